The molecule has 400 valence electrons. The van der Waals surface area contributed by atoms with Gasteiger partial charge in [0, 0.05) is 12.6 Å². The summed E-state index contributed by atoms with van der Waals surface area (Å²) in [5.41, 5.74) is 3.19. The molecule has 3 aromatic rings. The van der Waals surface area contributed by atoms with Crippen LogP contribution in [0.25, 0.3) is 0 Å². The second-order valence-corrected chi connectivity index (χ2v) is 22.7. The molecule has 3 unspecified atom stereocenters. The van der Waals surface area contributed by atoms with Crippen LogP contribution in [0, 0.1) is 17.8 Å². The standard InChI is InChI=1S/C57H81N11O6/c1-35(58-4)51(69)60-45-24-15-13-22-42-28-29-48(68(42)55(45)73)53(71)61-49(38-17-8-6-9-18-38)46-34-67(65-64-46)43-27-26-37(32-43)31-41-33-40-21-12-14-23-44(40)57(41,3)63-54(72)47-25-16-30-66(47)56(74)50(39-19-10-7-11-20-39)62-52(70)36(2)59-5/h6,8-9,12,14,17-18,21,23,34-37,39,41-43,45,47-50,58-59H,7,10-11,13,15-16,19-20,22,24-33H2,1-5H3,(H,60,69)(H,61,71)(H,62,70)(H,63,72)/t35-,36-,37?,41+,42-,43?,45-,47-,48-,49?,50-,57-/m0/s1. The molecule has 74 heavy (non-hydrogen) atoms. The predicted octanol–water partition coefficient (Wildman–Crippen LogP) is 5.11. The molecule has 4 heterocycles. The topological polar surface area (TPSA) is 212 Å². The van der Waals surface area contributed by atoms with Crippen molar-refractivity contribution in [3.8, 4) is 0 Å². The van der Waals surface area contributed by atoms with Gasteiger partial charge >= 0.3 is 0 Å². The lowest BCUT2D eigenvalue weighted by Crippen LogP contribution is -2.59. The van der Waals surface area contributed by atoms with Crippen LogP contribution < -0.4 is 31.9 Å². The fraction of sp³-hybridized carbons (Fsp3) is 0.649. The molecule has 6 amide bonds. The highest BCUT2D eigenvalue weighted by atomic mass is 16.2. The van der Waals surface area contributed by atoms with Gasteiger partial charge in [0.05, 0.1) is 35.9 Å². The van der Waals surface area contributed by atoms with Gasteiger partial charge < -0.3 is 41.7 Å². The number of carbonyl (C=O) groups excluding carboxylic acids is 6. The number of nitrogens with zero attached hydrogens (tertiary/aromatic N) is 5. The van der Waals surface area contributed by atoms with E-state index in [0.717, 1.165) is 107 Å². The van der Waals surface area contributed by atoms with Gasteiger partial charge in [-0.3, -0.25) is 28.8 Å². The summed E-state index contributed by atoms with van der Waals surface area (Å²) in [4.78, 5) is 87.7. The van der Waals surface area contributed by atoms with Crippen LogP contribution in [0.2, 0.25) is 0 Å². The van der Waals surface area contributed by atoms with Crippen molar-refractivity contribution in [1.29, 1.82) is 0 Å². The third-order valence-corrected chi connectivity index (χ3v) is 18.1. The Kier molecular flexibility index (Phi) is 16.9. The van der Waals surface area contributed by atoms with Gasteiger partial charge in [0.1, 0.15) is 29.9 Å². The molecule has 17 nitrogen and oxygen atoms in total. The molecule has 2 aromatic carbocycles. The number of likely N-dealkylation sites (N-methyl/N-ethyl adjacent to an activating group) is 2. The van der Waals surface area contributed by atoms with Crippen LogP contribution in [0.5, 0.6) is 0 Å². The average Bonchev–Trinajstić information content (AvgIpc) is 4.29. The van der Waals surface area contributed by atoms with Gasteiger partial charge in [-0.2, -0.15) is 0 Å². The number of benzene rings is 2. The molecule has 9 rings (SSSR count). The second kappa shape index (κ2) is 23.5. The number of hydrogen-bond donors (Lipinski definition) is 6. The minimum absolute atomic E-state index is 0.0411. The fourth-order valence-corrected chi connectivity index (χ4v) is 13.5. The molecule has 3 aliphatic carbocycles. The van der Waals surface area contributed by atoms with Crippen molar-refractivity contribution in [2.75, 3.05) is 20.6 Å². The molecule has 17 heteroatoms. The molecule has 5 fully saturated rings. The SMILES string of the molecule is CN[C@@H](C)C(=O)N[C@H]1CCCC[C@H]2CC[C@@H](C(=O)NC(c3ccccc3)c3cn(C4CCC(C[C@@H]5Cc6ccccc6[C@@]5(C)NC(=O)[C@@H]5CCCN5C(=O)[C@@H](NC(=O)[C@H](C)NC)C5CCCCC5)C4)nn3)N2C1=O. The normalized spacial score (nSPS) is 28.8. The highest BCUT2D eigenvalue weighted by Gasteiger charge is 2.49. The number of aromatic nitrogens is 3. The van der Waals surface area contributed by atoms with Crippen LogP contribution in [-0.2, 0) is 40.7 Å². The summed E-state index contributed by atoms with van der Waals surface area (Å²) >= 11 is 0. The molecule has 3 aliphatic heterocycles. The average molecular weight is 1020 g/mol. The van der Waals surface area contributed by atoms with Crippen molar-refractivity contribution < 1.29 is 28.8 Å². The second-order valence-electron chi connectivity index (χ2n) is 22.7. The number of hydrogen-bond acceptors (Lipinski definition) is 10. The van der Waals surface area contributed by atoms with E-state index in [4.69, 9.17) is 10.3 Å². The molecule has 0 bridgehead atoms. The van der Waals surface area contributed by atoms with Crippen LogP contribution in [0.15, 0.2) is 60.8 Å². The summed E-state index contributed by atoms with van der Waals surface area (Å²) in [7, 11) is 3.45. The maximum absolute atomic E-state index is 14.7. The lowest BCUT2D eigenvalue weighted by atomic mass is 9.79. The van der Waals surface area contributed by atoms with E-state index in [9.17, 15) is 28.8 Å². The maximum atomic E-state index is 14.7. The van der Waals surface area contributed by atoms with Crippen molar-refractivity contribution in [3.05, 3.63) is 83.2 Å². The van der Waals surface area contributed by atoms with Crippen molar-refractivity contribution in [3.63, 3.8) is 0 Å². The Balaban J connectivity index is 0.874. The van der Waals surface area contributed by atoms with Crippen LogP contribution in [0.3, 0.4) is 0 Å². The molecule has 3 saturated heterocycles. The summed E-state index contributed by atoms with van der Waals surface area (Å²) in [6, 6.07) is 14.1. The molecule has 12 atom stereocenters. The summed E-state index contributed by atoms with van der Waals surface area (Å²) < 4.78 is 1.96. The largest absolute Gasteiger partial charge is 0.345 e. The van der Waals surface area contributed by atoms with Crippen molar-refractivity contribution in [2.45, 2.75) is 196 Å². The van der Waals surface area contributed by atoms with Crippen LogP contribution in [0.4, 0.5) is 0 Å². The first-order valence-corrected chi connectivity index (χ1v) is 28.0. The Hall–Kier alpha value is -5.68. The number of nitrogens with one attached hydrogen (secondary N) is 6. The Morgan fingerprint density at radius 1 is 0.730 bits per heavy atom. The Labute approximate surface area is 437 Å². The lowest BCUT2D eigenvalue weighted by Gasteiger charge is -2.38. The maximum Gasteiger partial charge on any atom is 0.246 e. The number of rotatable bonds is 17. The number of likely N-dealkylation sites (tertiary alicyclic amines) is 1. The van der Waals surface area contributed by atoms with E-state index < -0.39 is 47.8 Å². The van der Waals surface area contributed by atoms with E-state index in [2.05, 4.69) is 57.0 Å². The van der Waals surface area contributed by atoms with Gasteiger partial charge in [0.2, 0.25) is 35.4 Å². The minimum atomic E-state index is -0.690. The van der Waals surface area contributed by atoms with Crippen molar-refractivity contribution >= 4 is 35.4 Å². The van der Waals surface area contributed by atoms with E-state index >= 15 is 0 Å². The first kappa shape index (κ1) is 53.2. The van der Waals surface area contributed by atoms with Crippen molar-refractivity contribution in [1.82, 2.24) is 56.7 Å². The zero-order valence-electron chi connectivity index (χ0n) is 44.3. The van der Waals surface area contributed by atoms with Crippen LogP contribution in [0.1, 0.15) is 164 Å². The molecular formula is C57H81N11O6. The monoisotopic (exact) mass is 1020 g/mol. The molecular weight excluding hydrogens is 935 g/mol. The minimum Gasteiger partial charge on any atom is -0.345 e. The zero-order valence-corrected chi connectivity index (χ0v) is 44.3. The third-order valence-electron chi connectivity index (χ3n) is 18.1. The molecule has 6 N–H and O–H groups in total. The highest BCUT2D eigenvalue weighted by molar-refractivity contribution is 5.95. The fourth-order valence-electron chi connectivity index (χ4n) is 13.5. The molecule has 0 radical (unpaired) electrons. The molecule has 1 aromatic heterocycles. The summed E-state index contributed by atoms with van der Waals surface area (Å²) in [5, 5.41) is 28.3. The summed E-state index contributed by atoms with van der Waals surface area (Å²) in [6.45, 7) is 6.21. The van der Waals surface area contributed by atoms with Crippen LogP contribution in [-0.4, -0.2) is 123 Å². The smallest absolute Gasteiger partial charge is 0.246 e. The van der Waals surface area contributed by atoms with Gasteiger partial charge in [-0.1, -0.05) is 91.9 Å². The molecule has 2 saturated carbocycles. The third kappa shape index (κ3) is 11.3. The van der Waals surface area contributed by atoms with Gasteiger partial charge in [-0.25, -0.2) is 4.68 Å². The van der Waals surface area contributed by atoms with Gasteiger partial charge in [0.25, 0.3) is 0 Å². The Morgan fingerprint density at radius 2 is 1.43 bits per heavy atom. The number of carbonyl (C=O) groups is 6. The van der Waals surface area contributed by atoms with E-state index in [-0.39, 0.29) is 59.4 Å². The van der Waals surface area contributed by atoms with E-state index in [1.165, 1.54) is 5.56 Å². The summed E-state index contributed by atoms with van der Waals surface area (Å²) in [5.74, 6) is -0.631. The predicted molar refractivity (Wildman–Crippen MR) is 281 cm³/mol. The van der Waals surface area contributed by atoms with Crippen molar-refractivity contribution in [2.24, 2.45) is 17.8 Å². The number of fused-ring (bicyclic) bond motifs is 2. The molecule has 0 spiro atoms. The first-order valence-electron chi connectivity index (χ1n) is 28.0. The Bertz CT molecular complexity index is 2480. The zero-order chi connectivity index (χ0) is 52.1. The van der Waals surface area contributed by atoms with Gasteiger partial charge in [0.15, 0.2) is 0 Å². The highest BCUT2D eigenvalue weighted by Crippen LogP contribution is 2.48. The van der Waals surface area contributed by atoms with Gasteiger partial charge in [-0.15, -0.1) is 5.10 Å². The lowest BCUT2D eigenvalue weighted by molar-refractivity contribution is -0.144. The van der Waals surface area contributed by atoms with E-state index in [1.54, 1.807) is 37.7 Å². The quantitative estimate of drug-likeness (QED) is 0.105. The van der Waals surface area contributed by atoms with E-state index in [1.807, 2.05) is 47.3 Å². The Morgan fingerprint density at radius 3 is 2.20 bits per heavy atom. The van der Waals surface area contributed by atoms with E-state index in [0.29, 0.717) is 37.4 Å². The number of amides is 6. The summed E-state index contributed by atoms with van der Waals surface area (Å²) in [6.07, 6.45) is 17.1. The molecule has 6 aliphatic rings. The van der Waals surface area contributed by atoms with Crippen LogP contribution >= 0.6 is 0 Å². The van der Waals surface area contributed by atoms with Gasteiger partial charge in [-0.05, 0) is 153 Å². The first-order chi connectivity index (χ1) is 35.8.